The van der Waals surface area contributed by atoms with E-state index in [2.05, 4.69) is 50.3 Å². The van der Waals surface area contributed by atoms with E-state index in [1.807, 2.05) is 0 Å². The molecule has 0 aliphatic rings. The van der Waals surface area contributed by atoms with Gasteiger partial charge in [-0.2, -0.15) is 0 Å². The summed E-state index contributed by atoms with van der Waals surface area (Å²) in [6.07, 6.45) is 10.3. The van der Waals surface area contributed by atoms with E-state index < -0.39 is 0 Å². The van der Waals surface area contributed by atoms with Gasteiger partial charge in [0.1, 0.15) is 0 Å². The number of hydrogen-bond donors (Lipinski definition) is 0. The van der Waals surface area contributed by atoms with E-state index in [-0.39, 0.29) is 0 Å². The molecule has 0 aliphatic heterocycles. The average molecular weight is 216 g/mol. The van der Waals surface area contributed by atoms with Crippen molar-refractivity contribution in [3.05, 3.63) is 42.0 Å². The predicted molar refractivity (Wildman–Crippen MR) is 73.5 cm³/mol. The molecule has 0 unspecified atom stereocenters. The summed E-state index contributed by atoms with van der Waals surface area (Å²) in [4.78, 5) is 0. The van der Waals surface area contributed by atoms with Crippen LogP contribution in [0.4, 0.5) is 0 Å². The molecule has 1 rings (SSSR count). The minimum Gasteiger partial charge on any atom is -0.0838 e. The number of hydrogen-bond acceptors (Lipinski definition) is 0. The van der Waals surface area contributed by atoms with Gasteiger partial charge in [-0.05, 0) is 30.9 Å². The largest absolute Gasteiger partial charge is 0.0838 e. The van der Waals surface area contributed by atoms with E-state index in [0.717, 1.165) is 0 Å². The summed E-state index contributed by atoms with van der Waals surface area (Å²) in [6.45, 7) is 4.41. The molecular formula is C16H24. The molecule has 0 nitrogen and oxygen atoms in total. The van der Waals surface area contributed by atoms with Crippen molar-refractivity contribution in [2.75, 3.05) is 0 Å². The highest BCUT2D eigenvalue weighted by molar-refractivity contribution is 5.64. The van der Waals surface area contributed by atoms with Crippen LogP contribution in [0, 0.1) is 0 Å². The van der Waals surface area contributed by atoms with Crippen LogP contribution in [0.2, 0.25) is 0 Å². The Hall–Kier alpha value is -1.04. The molecule has 0 bridgehead atoms. The van der Waals surface area contributed by atoms with Crippen LogP contribution in [-0.4, -0.2) is 0 Å². The first-order chi connectivity index (χ1) is 7.88. The van der Waals surface area contributed by atoms with Gasteiger partial charge < -0.3 is 0 Å². The van der Waals surface area contributed by atoms with Gasteiger partial charge in [-0.25, -0.2) is 0 Å². The van der Waals surface area contributed by atoms with Crippen LogP contribution in [0.3, 0.4) is 0 Å². The molecule has 0 aromatic heterocycles. The van der Waals surface area contributed by atoms with Crippen LogP contribution in [0.5, 0.6) is 0 Å². The molecule has 0 amide bonds. The lowest BCUT2D eigenvalue weighted by Crippen LogP contribution is -1.85. The summed E-state index contributed by atoms with van der Waals surface area (Å²) in [7, 11) is 0. The first-order valence-electron chi connectivity index (χ1n) is 6.59. The number of allylic oxidation sites excluding steroid dienone is 2. The maximum absolute atomic E-state index is 2.27. The SMILES string of the molecule is CC=C(CCCCCCC)c1ccccc1. The van der Waals surface area contributed by atoms with Gasteiger partial charge in [-0.1, -0.05) is 69.0 Å². The molecule has 0 saturated heterocycles. The van der Waals surface area contributed by atoms with Gasteiger partial charge in [-0.15, -0.1) is 0 Å². The molecule has 0 radical (unpaired) electrons. The van der Waals surface area contributed by atoms with E-state index in [0.29, 0.717) is 0 Å². The third-order valence-electron chi connectivity index (χ3n) is 3.04. The summed E-state index contributed by atoms with van der Waals surface area (Å²) >= 11 is 0. The smallest absolute Gasteiger partial charge is 0.0228 e. The van der Waals surface area contributed by atoms with Gasteiger partial charge >= 0.3 is 0 Å². The predicted octanol–water partition coefficient (Wildman–Crippen LogP) is 5.45. The molecule has 0 heterocycles. The molecule has 16 heavy (non-hydrogen) atoms. The first kappa shape index (κ1) is 13.0. The van der Waals surface area contributed by atoms with E-state index >= 15 is 0 Å². The molecule has 88 valence electrons. The van der Waals surface area contributed by atoms with Gasteiger partial charge in [0.05, 0.1) is 0 Å². The van der Waals surface area contributed by atoms with Gasteiger partial charge in [0.2, 0.25) is 0 Å². The minimum atomic E-state index is 1.23. The van der Waals surface area contributed by atoms with Crippen molar-refractivity contribution >= 4 is 5.57 Å². The zero-order chi connectivity index (χ0) is 11.6. The van der Waals surface area contributed by atoms with E-state index in [1.54, 1.807) is 0 Å². The summed E-state index contributed by atoms with van der Waals surface area (Å²) in [6, 6.07) is 10.7. The second-order valence-electron chi connectivity index (χ2n) is 4.34. The topological polar surface area (TPSA) is 0 Å². The lowest BCUT2D eigenvalue weighted by molar-refractivity contribution is 0.640. The second-order valence-corrected chi connectivity index (χ2v) is 4.34. The van der Waals surface area contributed by atoms with E-state index in [9.17, 15) is 0 Å². The highest BCUT2D eigenvalue weighted by atomic mass is 14.0. The fraction of sp³-hybridized carbons (Fsp3) is 0.500. The highest BCUT2D eigenvalue weighted by Gasteiger charge is 1.99. The molecule has 0 N–H and O–H groups in total. The lowest BCUT2D eigenvalue weighted by Gasteiger charge is -2.07. The summed E-state index contributed by atoms with van der Waals surface area (Å²) < 4.78 is 0. The Morgan fingerprint density at radius 1 is 1.00 bits per heavy atom. The van der Waals surface area contributed by atoms with Gasteiger partial charge in [0.15, 0.2) is 0 Å². The zero-order valence-corrected chi connectivity index (χ0v) is 10.7. The van der Waals surface area contributed by atoms with Crippen LogP contribution in [-0.2, 0) is 0 Å². The Morgan fingerprint density at radius 2 is 1.69 bits per heavy atom. The van der Waals surface area contributed by atoms with Crippen molar-refractivity contribution < 1.29 is 0 Å². The monoisotopic (exact) mass is 216 g/mol. The first-order valence-corrected chi connectivity index (χ1v) is 6.59. The zero-order valence-electron chi connectivity index (χ0n) is 10.7. The molecule has 0 saturated carbocycles. The molecule has 0 atom stereocenters. The maximum atomic E-state index is 2.27. The fourth-order valence-corrected chi connectivity index (χ4v) is 2.03. The summed E-state index contributed by atoms with van der Waals surface area (Å²) in [5.74, 6) is 0. The Labute approximate surface area is 100 Å². The second kappa shape index (κ2) is 8.15. The number of unbranched alkanes of at least 4 members (excludes halogenated alkanes) is 4. The summed E-state index contributed by atoms with van der Waals surface area (Å²) in [5, 5.41) is 0. The molecule has 0 heteroatoms. The van der Waals surface area contributed by atoms with Crippen LogP contribution < -0.4 is 0 Å². The van der Waals surface area contributed by atoms with Crippen molar-refractivity contribution in [3.63, 3.8) is 0 Å². The van der Waals surface area contributed by atoms with Gasteiger partial charge in [0.25, 0.3) is 0 Å². The van der Waals surface area contributed by atoms with Crippen molar-refractivity contribution in [1.29, 1.82) is 0 Å². The van der Waals surface area contributed by atoms with Gasteiger partial charge in [-0.3, -0.25) is 0 Å². The van der Waals surface area contributed by atoms with Crippen LogP contribution >= 0.6 is 0 Å². The summed E-state index contributed by atoms with van der Waals surface area (Å²) in [5.41, 5.74) is 2.89. The molecule has 1 aromatic rings. The van der Waals surface area contributed by atoms with Crippen LogP contribution in [0.25, 0.3) is 5.57 Å². The Balaban J connectivity index is 2.34. The standard InChI is InChI=1S/C16H24/c1-3-5-6-7-9-12-15(4-2)16-13-10-8-11-14-16/h4,8,10-11,13-14H,3,5-7,9,12H2,1-2H3. The lowest BCUT2D eigenvalue weighted by atomic mass is 9.99. The Bertz CT molecular complexity index is 295. The quantitative estimate of drug-likeness (QED) is 0.532. The van der Waals surface area contributed by atoms with Crippen molar-refractivity contribution in [3.8, 4) is 0 Å². The Kier molecular flexibility index (Phi) is 6.64. The molecule has 0 spiro atoms. The molecule has 0 aliphatic carbocycles. The number of benzene rings is 1. The van der Waals surface area contributed by atoms with Crippen molar-refractivity contribution in [2.45, 2.75) is 52.4 Å². The molecule has 0 fully saturated rings. The van der Waals surface area contributed by atoms with Gasteiger partial charge in [0, 0.05) is 0 Å². The Morgan fingerprint density at radius 3 is 2.31 bits per heavy atom. The fourth-order valence-electron chi connectivity index (χ4n) is 2.03. The van der Waals surface area contributed by atoms with Crippen LogP contribution in [0.1, 0.15) is 57.9 Å². The van der Waals surface area contributed by atoms with E-state index in [4.69, 9.17) is 0 Å². The normalized spacial score (nSPS) is 11.8. The highest BCUT2D eigenvalue weighted by Crippen LogP contribution is 2.21. The molecular weight excluding hydrogens is 192 g/mol. The van der Waals surface area contributed by atoms with Crippen molar-refractivity contribution in [1.82, 2.24) is 0 Å². The third kappa shape index (κ3) is 4.65. The van der Waals surface area contributed by atoms with E-state index in [1.165, 1.54) is 49.7 Å². The number of rotatable bonds is 7. The third-order valence-corrected chi connectivity index (χ3v) is 3.04. The van der Waals surface area contributed by atoms with Crippen LogP contribution in [0.15, 0.2) is 36.4 Å². The maximum Gasteiger partial charge on any atom is -0.0228 e. The minimum absolute atomic E-state index is 1.23. The average Bonchev–Trinajstić information content (AvgIpc) is 2.35. The van der Waals surface area contributed by atoms with Crippen molar-refractivity contribution in [2.24, 2.45) is 0 Å². The molecule has 1 aromatic carbocycles.